The standard InChI is InChI=1S/C19H18F5N5/c1-11-5-16(29-18(27-11)25-10-26-29)13-3-2-4-28(9-13)8-12-6-14(20)17(15(21)7-12)19(22,23)24/h5-7,10,13H,2-4,8-9H2,1H3/t13-/m0/s1. The van der Waals surface area contributed by atoms with Crippen molar-refractivity contribution in [3.63, 3.8) is 0 Å². The summed E-state index contributed by atoms with van der Waals surface area (Å²) in [7, 11) is 0. The molecule has 1 aromatic carbocycles. The molecule has 3 heterocycles. The Hall–Kier alpha value is -2.62. The molecule has 0 amide bonds. The van der Waals surface area contributed by atoms with Crippen LogP contribution in [0.4, 0.5) is 22.0 Å². The van der Waals surface area contributed by atoms with Gasteiger partial charge in [0.2, 0.25) is 0 Å². The Labute approximate surface area is 163 Å². The Bertz CT molecular complexity index is 1020. The lowest BCUT2D eigenvalue weighted by Gasteiger charge is -2.33. The van der Waals surface area contributed by atoms with Crippen molar-refractivity contribution in [2.24, 2.45) is 0 Å². The molecule has 10 heteroatoms. The van der Waals surface area contributed by atoms with Gasteiger partial charge in [-0.3, -0.25) is 4.90 Å². The van der Waals surface area contributed by atoms with E-state index >= 15 is 0 Å². The van der Waals surface area contributed by atoms with Crippen molar-refractivity contribution < 1.29 is 22.0 Å². The molecule has 3 aromatic rings. The molecular weight excluding hydrogens is 393 g/mol. The Morgan fingerprint density at radius 2 is 1.86 bits per heavy atom. The molecule has 5 nitrogen and oxygen atoms in total. The molecule has 0 aliphatic carbocycles. The Balaban J connectivity index is 1.56. The molecule has 154 valence electrons. The van der Waals surface area contributed by atoms with Gasteiger partial charge in [-0.15, -0.1) is 0 Å². The van der Waals surface area contributed by atoms with E-state index in [4.69, 9.17) is 0 Å². The molecule has 2 aromatic heterocycles. The molecule has 0 spiro atoms. The number of benzene rings is 1. The number of piperidine rings is 1. The Morgan fingerprint density at radius 1 is 1.14 bits per heavy atom. The number of hydrogen-bond donors (Lipinski definition) is 0. The summed E-state index contributed by atoms with van der Waals surface area (Å²) >= 11 is 0. The van der Waals surface area contributed by atoms with Crippen LogP contribution in [-0.4, -0.2) is 37.6 Å². The van der Waals surface area contributed by atoms with Crippen LogP contribution in [-0.2, 0) is 12.7 Å². The van der Waals surface area contributed by atoms with Gasteiger partial charge in [-0.25, -0.2) is 18.3 Å². The molecule has 1 saturated heterocycles. The SMILES string of the molecule is Cc1cc([C@H]2CCCN(Cc3cc(F)c(C(F)(F)F)c(F)c3)C2)n2ncnc2n1. The van der Waals surface area contributed by atoms with E-state index in [-0.39, 0.29) is 18.0 Å². The lowest BCUT2D eigenvalue weighted by molar-refractivity contribution is -0.142. The number of rotatable bonds is 3. The molecule has 0 radical (unpaired) electrons. The second-order valence-electron chi connectivity index (χ2n) is 7.30. The third-order valence-corrected chi connectivity index (χ3v) is 5.12. The van der Waals surface area contributed by atoms with Crippen molar-refractivity contribution in [1.29, 1.82) is 0 Å². The highest BCUT2D eigenvalue weighted by atomic mass is 19.4. The number of likely N-dealkylation sites (tertiary alicyclic amines) is 1. The summed E-state index contributed by atoms with van der Waals surface area (Å²) in [5, 5.41) is 4.22. The molecule has 1 aliphatic heterocycles. The van der Waals surface area contributed by atoms with Gasteiger partial charge in [0.05, 0.1) is 5.69 Å². The fraction of sp³-hybridized carbons (Fsp3) is 0.421. The maximum Gasteiger partial charge on any atom is 0.422 e. The zero-order valence-corrected chi connectivity index (χ0v) is 15.5. The van der Waals surface area contributed by atoms with Crippen molar-refractivity contribution >= 4 is 5.78 Å². The van der Waals surface area contributed by atoms with E-state index in [1.165, 1.54) is 6.33 Å². The largest absolute Gasteiger partial charge is 0.422 e. The van der Waals surface area contributed by atoms with Gasteiger partial charge in [-0.1, -0.05) is 0 Å². The van der Waals surface area contributed by atoms with Crippen LogP contribution >= 0.6 is 0 Å². The summed E-state index contributed by atoms with van der Waals surface area (Å²) < 4.78 is 67.7. The number of alkyl halides is 3. The maximum atomic E-state index is 13.9. The number of halogens is 5. The smallest absolute Gasteiger partial charge is 0.298 e. The third-order valence-electron chi connectivity index (χ3n) is 5.12. The van der Waals surface area contributed by atoms with Gasteiger partial charge in [0.15, 0.2) is 0 Å². The van der Waals surface area contributed by atoms with Crippen molar-refractivity contribution in [1.82, 2.24) is 24.5 Å². The first kappa shape index (κ1) is 19.7. The van der Waals surface area contributed by atoms with E-state index in [1.807, 2.05) is 17.9 Å². The molecule has 1 fully saturated rings. The molecule has 0 saturated carbocycles. The van der Waals surface area contributed by atoms with Gasteiger partial charge in [0.25, 0.3) is 5.78 Å². The zero-order chi connectivity index (χ0) is 20.8. The molecule has 0 N–H and O–H groups in total. The lowest BCUT2D eigenvalue weighted by atomic mass is 9.93. The monoisotopic (exact) mass is 411 g/mol. The number of aromatic nitrogens is 4. The van der Waals surface area contributed by atoms with E-state index in [9.17, 15) is 22.0 Å². The lowest BCUT2D eigenvalue weighted by Crippen LogP contribution is -2.34. The van der Waals surface area contributed by atoms with Crippen LogP contribution in [0.15, 0.2) is 24.5 Å². The minimum absolute atomic E-state index is 0.0961. The zero-order valence-electron chi connectivity index (χ0n) is 15.5. The van der Waals surface area contributed by atoms with Crippen LogP contribution in [0.25, 0.3) is 5.78 Å². The minimum atomic E-state index is -5.06. The molecular formula is C19H18F5N5. The van der Waals surface area contributed by atoms with Crippen molar-refractivity contribution in [2.45, 2.75) is 38.4 Å². The molecule has 1 aliphatic rings. The first-order valence-electron chi connectivity index (χ1n) is 9.17. The van der Waals surface area contributed by atoms with E-state index < -0.39 is 23.4 Å². The van der Waals surface area contributed by atoms with Gasteiger partial charge in [-0.2, -0.15) is 23.3 Å². The number of fused-ring (bicyclic) bond motifs is 1. The van der Waals surface area contributed by atoms with E-state index in [0.29, 0.717) is 18.9 Å². The Kier molecular flexibility index (Phi) is 4.97. The summed E-state index contributed by atoms with van der Waals surface area (Å²) in [6.45, 7) is 3.30. The van der Waals surface area contributed by atoms with Crippen molar-refractivity contribution in [3.05, 3.63) is 58.7 Å². The van der Waals surface area contributed by atoms with Crippen molar-refractivity contribution in [3.8, 4) is 0 Å². The number of nitrogens with zero attached hydrogens (tertiary/aromatic N) is 5. The molecule has 1 atom stereocenters. The number of aryl methyl sites for hydroxylation is 1. The van der Waals surface area contributed by atoms with Crippen LogP contribution in [0.3, 0.4) is 0 Å². The summed E-state index contributed by atoms with van der Waals surface area (Å²) in [6, 6.07) is 3.47. The van der Waals surface area contributed by atoms with Gasteiger partial charge < -0.3 is 0 Å². The van der Waals surface area contributed by atoms with Crippen molar-refractivity contribution in [2.75, 3.05) is 13.1 Å². The maximum absolute atomic E-state index is 13.9. The highest BCUT2D eigenvalue weighted by Gasteiger charge is 2.38. The first-order chi connectivity index (χ1) is 13.7. The van der Waals surface area contributed by atoms with E-state index in [2.05, 4.69) is 15.1 Å². The van der Waals surface area contributed by atoms with E-state index in [1.54, 1.807) is 4.52 Å². The predicted octanol–water partition coefficient (Wildman–Crippen LogP) is 4.11. The summed E-state index contributed by atoms with van der Waals surface area (Å²) in [5.41, 5.74) is 0.0769. The van der Waals surface area contributed by atoms with E-state index in [0.717, 1.165) is 36.4 Å². The van der Waals surface area contributed by atoms with Gasteiger partial charge in [0.1, 0.15) is 23.5 Å². The third kappa shape index (κ3) is 3.93. The van der Waals surface area contributed by atoms with Crippen LogP contribution in [0.1, 0.15) is 41.3 Å². The average molecular weight is 411 g/mol. The summed E-state index contributed by atoms with van der Waals surface area (Å²) in [5.74, 6) is -2.58. The van der Waals surface area contributed by atoms with Crippen LogP contribution in [0, 0.1) is 18.6 Å². The topological polar surface area (TPSA) is 46.3 Å². The first-order valence-corrected chi connectivity index (χ1v) is 9.17. The normalized spacial score (nSPS) is 18.5. The number of hydrogen-bond acceptors (Lipinski definition) is 4. The summed E-state index contributed by atoms with van der Waals surface area (Å²) in [6.07, 6.45) is -1.90. The summed E-state index contributed by atoms with van der Waals surface area (Å²) in [4.78, 5) is 10.4. The van der Waals surface area contributed by atoms with Crippen LogP contribution in [0.5, 0.6) is 0 Å². The average Bonchev–Trinajstić information content (AvgIpc) is 3.07. The quantitative estimate of drug-likeness (QED) is 0.609. The van der Waals surface area contributed by atoms with Gasteiger partial charge in [0, 0.05) is 24.7 Å². The molecule has 0 bridgehead atoms. The van der Waals surface area contributed by atoms with Crippen LogP contribution in [0.2, 0.25) is 0 Å². The molecule has 4 rings (SSSR count). The van der Waals surface area contributed by atoms with Gasteiger partial charge >= 0.3 is 6.18 Å². The molecule has 0 unspecified atom stereocenters. The van der Waals surface area contributed by atoms with Crippen LogP contribution < -0.4 is 0 Å². The highest BCUT2D eigenvalue weighted by molar-refractivity contribution is 5.32. The fourth-order valence-corrected chi connectivity index (χ4v) is 3.94. The van der Waals surface area contributed by atoms with Gasteiger partial charge in [-0.05, 0) is 50.1 Å². The minimum Gasteiger partial charge on any atom is -0.298 e. The Morgan fingerprint density at radius 3 is 2.55 bits per heavy atom. The fourth-order valence-electron chi connectivity index (χ4n) is 3.94. The second kappa shape index (κ2) is 7.33. The molecule has 29 heavy (non-hydrogen) atoms. The highest BCUT2D eigenvalue weighted by Crippen LogP contribution is 2.34. The predicted molar refractivity (Wildman–Crippen MR) is 94.1 cm³/mol. The second-order valence-corrected chi connectivity index (χ2v) is 7.30.